The minimum Gasteiger partial charge on any atom is -0.480 e. The zero-order valence-electron chi connectivity index (χ0n) is 14.3. The van der Waals surface area contributed by atoms with Gasteiger partial charge in [0, 0.05) is 4.75 Å². The number of fused-ring (bicyclic) bond motifs is 1. The van der Waals surface area contributed by atoms with Gasteiger partial charge in [0.05, 0.1) is 0 Å². The Bertz CT molecular complexity index is 753. The Labute approximate surface area is 179 Å². The van der Waals surface area contributed by atoms with Gasteiger partial charge in [-0.3, -0.25) is 14.4 Å². The Kier molecular flexibility index (Phi) is 6.13. The summed E-state index contributed by atoms with van der Waals surface area (Å²) in [5, 5.41) is 23.9. The fourth-order valence-electron chi connectivity index (χ4n) is 3.23. The van der Waals surface area contributed by atoms with E-state index in [1.807, 2.05) is 0 Å². The van der Waals surface area contributed by atoms with E-state index in [-0.39, 0.29) is 29.6 Å². The van der Waals surface area contributed by atoms with Gasteiger partial charge in [-0.15, -0.1) is 11.8 Å². The number of thiophene rings is 1. The van der Waals surface area contributed by atoms with E-state index < -0.39 is 51.9 Å². The molecule has 11 heteroatoms. The van der Waals surface area contributed by atoms with Gasteiger partial charge in [0.25, 0.3) is 0 Å². The van der Waals surface area contributed by atoms with Crippen LogP contribution in [0.2, 0.25) is 0 Å². The molecular weight excluding hydrogens is 391 g/mol. The molecule has 8 nitrogen and oxygen atoms in total. The molecule has 134 valence electrons. The van der Waals surface area contributed by atoms with Crippen molar-refractivity contribution < 1.29 is 58.9 Å². The van der Waals surface area contributed by atoms with Crippen molar-refractivity contribution >= 4 is 46.9 Å². The number of rotatable bonds is 5. The van der Waals surface area contributed by atoms with Gasteiger partial charge in [-0.1, -0.05) is 0 Å². The van der Waals surface area contributed by atoms with Crippen molar-refractivity contribution in [2.24, 2.45) is 0 Å². The summed E-state index contributed by atoms with van der Waals surface area (Å²) in [6.45, 7) is 3.46. The van der Waals surface area contributed by atoms with E-state index >= 15 is 0 Å². The van der Waals surface area contributed by atoms with Gasteiger partial charge in [-0.25, -0.2) is 4.79 Å². The van der Waals surface area contributed by atoms with Gasteiger partial charge >= 0.3 is 41.5 Å². The number of nitrogens with one attached hydrogen (secondary N) is 1. The van der Waals surface area contributed by atoms with Crippen molar-refractivity contribution in [3.8, 4) is 0 Å². The molecule has 3 rings (SSSR count). The molecule has 0 radical (unpaired) electrons. The first-order valence-electron chi connectivity index (χ1n) is 7.43. The summed E-state index contributed by atoms with van der Waals surface area (Å²) in [5.41, 5.74) is 0.349. The van der Waals surface area contributed by atoms with Crippen LogP contribution in [-0.4, -0.2) is 61.1 Å². The van der Waals surface area contributed by atoms with Crippen molar-refractivity contribution in [3.05, 3.63) is 22.4 Å². The fourth-order valence-corrected chi connectivity index (χ4v) is 5.54. The first-order valence-corrected chi connectivity index (χ1v) is 9.25. The van der Waals surface area contributed by atoms with Gasteiger partial charge in [0.1, 0.15) is 17.5 Å². The maximum absolute atomic E-state index is 12.4. The summed E-state index contributed by atoms with van der Waals surface area (Å²) in [5.74, 6) is -5.08. The second kappa shape index (κ2) is 7.51. The van der Waals surface area contributed by atoms with Crippen LogP contribution in [0.15, 0.2) is 16.8 Å². The molecule has 2 fully saturated rings. The van der Waals surface area contributed by atoms with E-state index in [4.69, 9.17) is 0 Å². The van der Waals surface area contributed by atoms with Crippen molar-refractivity contribution in [1.82, 2.24) is 10.2 Å². The summed E-state index contributed by atoms with van der Waals surface area (Å²) in [7, 11) is 0. The fraction of sp³-hybridized carbons (Fsp3) is 0.467. The zero-order chi connectivity index (χ0) is 18.5. The number of hydrogen-bond donors (Lipinski definition) is 3. The van der Waals surface area contributed by atoms with Crippen LogP contribution >= 0.6 is 23.1 Å². The third-order valence-corrected chi connectivity index (χ3v) is 6.63. The minimum atomic E-state index is -1.40. The first-order chi connectivity index (χ1) is 11.6. The molecule has 3 N–H and O–H groups in total. The third kappa shape index (κ3) is 3.40. The SMILES string of the molecule is CC1(C)S[C@@H]2[C@H](NC(=O)[C@@H](C(=O)O)c3ccsc3)C(=O)N2[C@H]1C(=O)O.[Na+]. The standard InChI is InChI=1S/C15H16N2O6S2.Na/c1-15(2)9(14(22)23)17-11(19)8(12(17)25-15)16-10(18)7(13(20)21)6-3-4-24-5-6;/h3-5,7-9,12H,1-2H3,(H,16,18)(H,20,21)(H,22,23);/q;+1/t7-,8+,9-,12+;/m0./s1. The van der Waals surface area contributed by atoms with Gasteiger partial charge in [0.15, 0.2) is 5.92 Å². The molecule has 2 saturated heterocycles. The first kappa shape index (κ1) is 21.2. The third-order valence-electron chi connectivity index (χ3n) is 4.36. The Morgan fingerprint density at radius 1 is 1.31 bits per heavy atom. The summed E-state index contributed by atoms with van der Waals surface area (Å²) >= 11 is 2.56. The van der Waals surface area contributed by atoms with Crippen LogP contribution in [0.25, 0.3) is 0 Å². The Hall–Kier alpha value is -1.07. The molecule has 1 aromatic rings. The average Bonchev–Trinajstić information content (AvgIpc) is 3.09. The van der Waals surface area contributed by atoms with Gasteiger partial charge in [-0.05, 0) is 36.2 Å². The summed E-state index contributed by atoms with van der Waals surface area (Å²) in [6.07, 6.45) is 0. The number of hydrogen-bond acceptors (Lipinski definition) is 6. The number of nitrogens with zero attached hydrogens (tertiary/aromatic N) is 1. The van der Waals surface area contributed by atoms with E-state index in [0.29, 0.717) is 5.56 Å². The topological polar surface area (TPSA) is 124 Å². The summed E-state index contributed by atoms with van der Waals surface area (Å²) in [4.78, 5) is 48.9. The Balaban J connectivity index is 0.00000243. The molecule has 2 amide bonds. The normalized spacial score (nSPS) is 26.9. The number of carboxylic acids is 2. The Morgan fingerprint density at radius 2 is 1.96 bits per heavy atom. The number of aliphatic carboxylic acids is 2. The second-order valence-electron chi connectivity index (χ2n) is 6.41. The molecule has 1 aromatic heterocycles. The van der Waals surface area contributed by atoms with Crippen LogP contribution in [0.1, 0.15) is 25.3 Å². The molecule has 2 aliphatic heterocycles. The molecule has 0 aromatic carbocycles. The van der Waals surface area contributed by atoms with Crippen molar-refractivity contribution in [2.45, 2.75) is 42.0 Å². The molecule has 3 heterocycles. The monoisotopic (exact) mass is 407 g/mol. The van der Waals surface area contributed by atoms with E-state index in [1.54, 1.807) is 30.7 Å². The van der Waals surface area contributed by atoms with Crippen LogP contribution in [-0.2, 0) is 19.2 Å². The van der Waals surface area contributed by atoms with Crippen LogP contribution in [0.5, 0.6) is 0 Å². The van der Waals surface area contributed by atoms with Gasteiger partial charge < -0.3 is 20.4 Å². The van der Waals surface area contributed by atoms with Crippen molar-refractivity contribution in [1.29, 1.82) is 0 Å². The maximum Gasteiger partial charge on any atom is 1.00 e. The van der Waals surface area contributed by atoms with E-state index in [9.17, 15) is 29.4 Å². The van der Waals surface area contributed by atoms with Crippen molar-refractivity contribution in [2.75, 3.05) is 0 Å². The van der Waals surface area contributed by atoms with E-state index in [1.165, 1.54) is 28.0 Å². The second-order valence-corrected chi connectivity index (χ2v) is 8.96. The summed E-state index contributed by atoms with van der Waals surface area (Å²) < 4.78 is -0.703. The molecule has 4 atom stereocenters. The molecule has 26 heavy (non-hydrogen) atoms. The smallest absolute Gasteiger partial charge is 0.480 e. The van der Waals surface area contributed by atoms with Gasteiger partial charge in [-0.2, -0.15) is 11.3 Å². The summed E-state index contributed by atoms with van der Waals surface area (Å²) in [6, 6.07) is -0.344. The molecular formula is C15H16N2NaO6S2+. The number of carbonyl (C=O) groups excluding carboxylic acids is 2. The van der Waals surface area contributed by atoms with Gasteiger partial charge in [0.2, 0.25) is 11.8 Å². The van der Waals surface area contributed by atoms with E-state index in [0.717, 1.165) is 0 Å². The number of carbonyl (C=O) groups is 4. The largest absolute Gasteiger partial charge is 1.00 e. The molecule has 0 spiro atoms. The molecule has 0 unspecified atom stereocenters. The van der Waals surface area contributed by atoms with Crippen LogP contribution in [0.3, 0.4) is 0 Å². The Morgan fingerprint density at radius 3 is 2.46 bits per heavy atom. The number of amides is 2. The molecule has 0 bridgehead atoms. The zero-order valence-corrected chi connectivity index (χ0v) is 18.0. The maximum atomic E-state index is 12.4. The predicted octanol–water partition coefficient (Wildman–Crippen LogP) is -2.45. The van der Waals surface area contributed by atoms with E-state index in [2.05, 4.69) is 5.32 Å². The molecule has 2 aliphatic rings. The number of carboxylic acid groups (broad SMARTS) is 2. The molecule has 0 aliphatic carbocycles. The molecule has 0 saturated carbocycles. The minimum absolute atomic E-state index is 0. The number of thioether (sulfide) groups is 1. The van der Waals surface area contributed by atoms with Crippen LogP contribution in [0, 0.1) is 0 Å². The van der Waals surface area contributed by atoms with Crippen LogP contribution < -0.4 is 34.9 Å². The van der Waals surface area contributed by atoms with Crippen LogP contribution in [0.4, 0.5) is 0 Å². The predicted molar refractivity (Wildman–Crippen MR) is 90.4 cm³/mol. The average molecular weight is 407 g/mol. The quantitative estimate of drug-likeness (QED) is 0.281. The van der Waals surface area contributed by atoms with Crippen molar-refractivity contribution in [3.63, 3.8) is 0 Å². The number of β-lactam (4-membered cyclic amide) rings is 1.